The summed E-state index contributed by atoms with van der Waals surface area (Å²) in [6.45, 7) is 5.83. The summed E-state index contributed by atoms with van der Waals surface area (Å²) in [5, 5.41) is 2.60. The van der Waals surface area contributed by atoms with Crippen LogP contribution in [0, 0.1) is 12.7 Å². The van der Waals surface area contributed by atoms with E-state index in [9.17, 15) is 17.6 Å². The number of carbonyl (C=O) groups is 1. The summed E-state index contributed by atoms with van der Waals surface area (Å²) >= 11 is 0. The van der Waals surface area contributed by atoms with Gasteiger partial charge in [0.05, 0.1) is 10.5 Å². The fourth-order valence-corrected chi connectivity index (χ4v) is 4.53. The van der Waals surface area contributed by atoms with E-state index in [1.54, 1.807) is 50.4 Å². The normalized spacial score (nSPS) is 11.5. The van der Waals surface area contributed by atoms with Crippen LogP contribution in [0.15, 0.2) is 59.6 Å². The Balaban J connectivity index is 1.83. The molecule has 7 nitrogen and oxygen atoms in total. The summed E-state index contributed by atoms with van der Waals surface area (Å²) in [6, 6.07) is 11.8. The first-order valence-electron chi connectivity index (χ1n) is 9.77. The van der Waals surface area contributed by atoms with Crippen molar-refractivity contribution in [3.63, 3.8) is 0 Å². The molecule has 0 radical (unpaired) electrons. The molecule has 0 aliphatic rings. The highest BCUT2D eigenvalue weighted by atomic mass is 32.2. The van der Waals surface area contributed by atoms with Gasteiger partial charge in [-0.3, -0.25) is 4.79 Å². The Morgan fingerprint density at radius 1 is 1.06 bits per heavy atom. The van der Waals surface area contributed by atoms with Crippen LogP contribution in [-0.2, 0) is 10.0 Å². The molecule has 1 amide bonds. The van der Waals surface area contributed by atoms with Crippen molar-refractivity contribution in [1.82, 2.24) is 14.3 Å². The number of nitrogens with one attached hydrogen (secondary N) is 1. The molecule has 162 valence electrons. The number of hydrogen-bond donors (Lipinski definition) is 1. The fraction of sp³-hybridized carbons (Fsp3) is 0.227. The van der Waals surface area contributed by atoms with Crippen LogP contribution in [0.4, 0.5) is 10.1 Å². The molecule has 3 aromatic rings. The summed E-state index contributed by atoms with van der Waals surface area (Å²) in [6.07, 6.45) is 1.66. The lowest BCUT2D eigenvalue weighted by molar-refractivity contribution is 0.102. The number of sulfonamides is 1. The molecule has 31 heavy (non-hydrogen) atoms. The van der Waals surface area contributed by atoms with E-state index >= 15 is 0 Å². The van der Waals surface area contributed by atoms with E-state index in [-0.39, 0.29) is 23.5 Å². The molecule has 0 saturated carbocycles. The maximum absolute atomic E-state index is 14.3. The minimum atomic E-state index is -3.81. The largest absolute Gasteiger partial charge is 0.322 e. The third-order valence-corrected chi connectivity index (χ3v) is 6.77. The van der Waals surface area contributed by atoms with Crippen LogP contribution in [0.3, 0.4) is 0 Å². The number of anilines is 1. The van der Waals surface area contributed by atoms with Crippen LogP contribution in [0.2, 0.25) is 0 Å². The van der Waals surface area contributed by atoms with Gasteiger partial charge in [-0.25, -0.2) is 22.8 Å². The van der Waals surface area contributed by atoms with Crippen LogP contribution >= 0.6 is 0 Å². The van der Waals surface area contributed by atoms with Gasteiger partial charge in [-0.15, -0.1) is 0 Å². The lowest BCUT2D eigenvalue weighted by atomic mass is 10.1. The van der Waals surface area contributed by atoms with Crippen molar-refractivity contribution in [3.05, 3.63) is 71.8 Å². The SMILES string of the molecule is CCN(CC)S(=O)(=O)c1ccc(F)c(C(=O)Nc2ccc(-c3nccc(C)n3)cc2)c1. The van der Waals surface area contributed by atoms with E-state index in [2.05, 4.69) is 15.3 Å². The Morgan fingerprint density at radius 3 is 2.35 bits per heavy atom. The zero-order valence-electron chi connectivity index (χ0n) is 17.5. The summed E-state index contributed by atoms with van der Waals surface area (Å²) < 4.78 is 40.9. The molecule has 9 heteroatoms. The van der Waals surface area contributed by atoms with Crippen LogP contribution in [-0.4, -0.2) is 41.7 Å². The molecule has 1 aromatic heterocycles. The first-order chi connectivity index (χ1) is 14.8. The predicted molar refractivity (Wildman–Crippen MR) is 117 cm³/mol. The number of carbonyl (C=O) groups excluding carboxylic acids is 1. The van der Waals surface area contributed by atoms with Gasteiger partial charge in [0.15, 0.2) is 5.82 Å². The van der Waals surface area contributed by atoms with E-state index in [0.717, 1.165) is 29.5 Å². The molecule has 0 aliphatic heterocycles. The Hall–Kier alpha value is -3.17. The second-order valence-electron chi connectivity index (χ2n) is 6.78. The molecule has 0 atom stereocenters. The quantitative estimate of drug-likeness (QED) is 0.600. The predicted octanol–water partition coefficient (Wildman–Crippen LogP) is 3.87. The highest BCUT2D eigenvalue weighted by molar-refractivity contribution is 7.89. The average molecular weight is 443 g/mol. The van der Waals surface area contributed by atoms with E-state index in [4.69, 9.17) is 0 Å². The van der Waals surface area contributed by atoms with E-state index in [0.29, 0.717) is 11.5 Å². The highest BCUT2D eigenvalue weighted by Crippen LogP contribution is 2.22. The van der Waals surface area contributed by atoms with Crippen molar-refractivity contribution in [2.24, 2.45) is 0 Å². The number of nitrogens with zero attached hydrogens (tertiary/aromatic N) is 3. The highest BCUT2D eigenvalue weighted by Gasteiger charge is 2.24. The summed E-state index contributed by atoms with van der Waals surface area (Å²) in [5.74, 6) is -0.993. The molecule has 2 aromatic carbocycles. The van der Waals surface area contributed by atoms with Crippen molar-refractivity contribution in [2.45, 2.75) is 25.7 Å². The maximum atomic E-state index is 14.3. The van der Waals surface area contributed by atoms with Crippen molar-refractivity contribution < 1.29 is 17.6 Å². The zero-order chi connectivity index (χ0) is 22.6. The first kappa shape index (κ1) is 22.5. The number of benzene rings is 2. The Labute approximate surface area is 181 Å². The molecule has 0 spiro atoms. The average Bonchev–Trinajstić information content (AvgIpc) is 2.75. The summed E-state index contributed by atoms with van der Waals surface area (Å²) in [5.41, 5.74) is 1.68. The van der Waals surface area contributed by atoms with E-state index < -0.39 is 21.7 Å². The topological polar surface area (TPSA) is 92.3 Å². The number of aromatic nitrogens is 2. The van der Waals surface area contributed by atoms with Crippen LogP contribution in [0.1, 0.15) is 29.9 Å². The monoisotopic (exact) mass is 442 g/mol. The third-order valence-electron chi connectivity index (χ3n) is 4.72. The van der Waals surface area contributed by atoms with Crippen molar-refractivity contribution >= 4 is 21.6 Å². The van der Waals surface area contributed by atoms with Gasteiger partial charge >= 0.3 is 0 Å². The van der Waals surface area contributed by atoms with Crippen molar-refractivity contribution in [2.75, 3.05) is 18.4 Å². The smallest absolute Gasteiger partial charge is 0.258 e. The minimum absolute atomic E-state index is 0.130. The Bertz CT molecular complexity index is 1190. The number of rotatable bonds is 7. The molecule has 1 N–H and O–H groups in total. The van der Waals surface area contributed by atoms with Gasteiger partial charge in [0, 0.05) is 36.2 Å². The molecule has 0 unspecified atom stereocenters. The fourth-order valence-electron chi connectivity index (χ4n) is 3.04. The summed E-state index contributed by atoms with van der Waals surface area (Å²) in [4.78, 5) is 21.1. The van der Waals surface area contributed by atoms with Gasteiger partial charge in [-0.05, 0) is 55.5 Å². The molecule has 0 aliphatic carbocycles. The minimum Gasteiger partial charge on any atom is -0.322 e. The second kappa shape index (κ2) is 9.32. The van der Waals surface area contributed by atoms with Gasteiger partial charge in [0.2, 0.25) is 10.0 Å². The Morgan fingerprint density at radius 2 is 1.74 bits per heavy atom. The van der Waals surface area contributed by atoms with Gasteiger partial charge in [-0.2, -0.15) is 4.31 Å². The van der Waals surface area contributed by atoms with E-state index in [1.807, 2.05) is 6.92 Å². The van der Waals surface area contributed by atoms with Gasteiger partial charge < -0.3 is 5.32 Å². The van der Waals surface area contributed by atoms with Crippen LogP contribution < -0.4 is 5.32 Å². The maximum Gasteiger partial charge on any atom is 0.258 e. The molecule has 0 fully saturated rings. The van der Waals surface area contributed by atoms with Crippen LogP contribution in [0.25, 0.3) is 11.4 Å². The lowest BCUT2D eigenvalue weighted by Gasteiger charge is -2.19. The number of halogens is 1. The zero-order valence-corrected chi connectivity index (χ0v) is 18.3. The van der Waals surface area contributed by atoms with Gasteiger partial charge in [0.1, 0.15) is 5.82 Å². The molecular weight excluding hydrogens is 419 g/mol. The van der Waals surface area contributed by atoms with E-state index in [1.165, 1.54) is 4.31 Å². The van der Waals surface area contributed by atoms with Gasteiger partial charge in [-0.1, -0.05) is 13.8 Å². The molecule has 0 saturated heterocycles. The Kier molecular flexibility index (Phi) is 6.77. The molecule has 3 rings (SSSR count). The molecular formula is C22H23FN4O3S. The third kappa shape index (κ3) is 4.95. The van der Waals surface area contributed by atoms with Crippen molar-refractivity contribution in [3.8, 4) is 11.4 Å². The number of amides is 1. The second-order valence-corrected chi connectivity index (χ2v) is 8.72. The standard InChI is InChI=1S/C22H23FN4O3S/c1-4-27(5-2)31(29,30)18-10-11-20(23)19(14-18)22(28)26-17-8-6-16(7-9-17)21-24-13-12-15(3)25-21/h6-14H,4-5H2,1-3H3,(H,26,28). The number of aryl methyl sites for hydroxylation is 1. The van der Waals surface area contributed by atoms with Crippen molar-refractivity contribution in [1.29, 1.82) is 0 Å². The summed E-state index contributed by atoms with van der Waals surface area (Å²) in [7, 11) is -3.81. The first-order valence-corrected chi connectivity index (χ1v) is 11.2. The lowest BCUT2D eigenvalue weighted by Crippen LogP contribution is -2.31. The van der Waals surface area contributed by atoms with Gasteiger partial charge in [0.25, 0.3) is 5.91 Å². The van der Waals surface area contributed by atoms with Crippen LogP contribution in [0.5, 0.6) is 0 Å². The molecule has 1 heterocycles. The number of hydrogen-bond acceptors (Lipinski definition) is 5. The molecule has 0 bridgehead atoms.